The molecule has 0 spiro atoms. The minimum absolute atomic E-state index is 0.0497. The molecule has 0 bridgehead atoms. The van der Waals surface area contributed by atoms with Gasteiger partial charge in [-0.05, 0) is 12.0 Å². The van der Waals surface area contributed by atoms with Crippen molar-refractivity contribution in [2.24, 2.45) is 5.73 Å². The molecule has 98 valence electrons. The summed E-state index contributed by atoms with van der Waals surface area (Å²) in [6, 6.07) is 9.63. The molecule has 1 aromatic rings. The minimum atomic E-state index is -0.389. The lowest BCUT2D eigenvalue weighted by molar-refractivity contribution is 0.0769. The number of ether oxygens (including phenoxy) is 1. The van der Waals surface area contributed by atoms with E-state index in [1.54, 1.807) is 4.90 Å². The summed E-state index contributed by atoms with van der Waals surface area (Å²) in [5.41, 5.74) is 6.46. The summed E-state index contributed by atoms with van der Waals surface area (Å²) in [6.45, 7) is 1.67. The summed E-state index contributed by atoms with van der Waals surface area (Å²) in [6.07, 6.45) is 0.834. The van der Waals surface area contributed by atoms with Crippen LogP contribution in [0.2, 0.25) is 0 Å². The number of carbonyl (C=O) groups excluding carboxylic acids is 1. The van der Waals surface area contributed by atoms with Gasteiger partial charge in [-0.3, -0.25) is 0 Å². The van der Waals surface area contributed by atoms with Crippen molar-refractivity contribution < 1.29 is 9.53 Å². The van der Waals surface area contributed by atoms with E-state index in [0.717, 1.165) is 12.0 Å². The van der Waals surface area contributed by atoms with Crippen LogP contribution in [0.3, 0.4) is 0 Å². The fourth-order valence-corrected chi connectivity index (χ4v) is 2.63. The maximum Gasteiger partial charge on any atom is 0.315 e. The fourth-order valence-electron chi connectivity index (χ4n) is 2.21. The molecule has 0 saturated carbocycles. The molecule has 1 heterocycles. The fraction of sp³-hybridized carbons (Fsp3) is 0.462. The number of likely N-dealkylation sites (tertiary alicyclic amines) is 1. The predicted molar refractivity (Wildman–Crippen MR) is 73.6 cm³/mol. The molecule has 1 fully saturated rings. The van der Waals surface area contributed by atoms with E-state index >= 15 is 0 Å². The van der Waals surface area contributed by atoms with Gasteiger partial charge in [-0.15, -0.1) is 0 Å². The first-order valence-electron chi connectivity index (χ1n) is 6.02. The van der Waals surface area contributed by atoms with Crippen molar-refractivity contribution in [1.82, 2.24) is 4.90 Å². The SMILES string of the molecule is NC(=O)N1C[C@H](S)C[C@H]1COCc1ccccc1. The second kappa shape index (κ2) is 6.11. The number of urea groups is 1. The van der Waals surface area contributed by atoms with Gasteiger partial charge in [0, 0.05) is 11.8 Å². The van der Waals surface area contributed by atoms with Crippen LogP contribution in [0.15, 0.2) is 30.3 Å². The first-order valence-corrected chi connectivity index (χ1v) is 6.54. The molecule has 18 heavy (non-hydrogen) atoms. The Balaban J connectivity index is 1.81. The van der Waals surface area contributed by atoms with E-state index < -0.39 is 0 Å². The number of carbonyl (C=O) groups is 1. The predicted octanol–water partition coefficient (Wildman–Crippen LogP) is 1.65. The van der Waals surface area contributed by atoms with Gasteiger partial charge >= 0.3 is 6.03 Å². The number of nitrogens with two attached hydrogens (primary N) is 1. The number of nitrogens with zero attached hydrogens (tertiary/aromatic N) is 1. The Morgan fingerprint density at radius 1 is 1.44 bits per heavy atom. The van der Waals surface area contributed by atoms with Crippen molar-refractivity contribution in [3.63, 3.8) is 0 Å². The quantitative estimate of drug-likeness (QED) is 0.814. The van der Waals surface area contributed by atoms with E-state index in [9.17, 15) is 4.79 Å². The van der Waals surface area contributed by atoms with Crippen molar-refractivity contribution in [3.05, 3.63) is 35.9 Å². The van der Waals surface area contributed by atoms with E-state index in [-0.39, 0.29) is 17.3 Å². The van der Waals surface area contributed by atoms with Crippen molar-refractivity contribution >= 4 is 18.7 Å². The molecule has 0 radical (unpaired) electrons. The van der Waals surface area contributed by atoms with Gasteiger partial charge in [0.2, 0.25) is 0 Å². The molecular weight excluding hydrogens is 248 g/mol. The minimum Gasteiger partial charge on any atom is -0.375 e. The van der Waals surface area contributed by atoms with E-state index in [0.29, 0.717) is 19.8 Å². The third kappa shape index (κ3) is 3.40. The van der Waals surface area contributed by atoms with Gasteiger partial charge in [0.05, 0.1) is 19.3 Å². The number of amides is 2. The van der Waals surface area contributed by atoms with Crippen molar-refractivity contribution in [1.29, 1.82) is 0 Å². The normalized spacial score (nSPS) is 23.3. The highest BCUT2D eigenvalue weighted by atomic mass is 32.1. The zero-order valence-corrected chi connectivity index (χ0v) is 11.1. The van der Waals surface area contributed by atoms with E-state index in [4.69, 9.17) is 10.5 Å². The Kier molecular flexibility index (Phi) is 4.49. The molecule has 0 aliphatic carbocycles. The maximum atomic E-state index is 11.2. The number of benzene rings is 1. The molecule has 2 N–H and O–H groups in total. The maximum absolute atomic E-state index is 11.2. The Bertz CT molecular complexity index is 399. The first-order chi connectivity index (χ1) is 8.66. The molecule has 2 atom stereocenters. The van der Waals surface area contributed by atoms with Crippen LogP contribution in [-0.4, -0.2) is 35.4 Å². The number of hydrogen-bond donors (Lipinski definition) is 2. The first kappa shape index (κ1) is 13.2. The summed E-state index contributed by atoms with van der Waals surface area (Å²) in [5, 5.41) is 0.197. The number of thiol groups is 1. The van der Waals surface area contributed by atoms with Crippen LogP contribution in [0.25, 0.3) is 0 Å². The molecule has 0 aromatic heterocycles. The molecule has 2 amide bonds. The van der Waals surface area contributed by atoms with Crippen LogP contribution in [-0.2, 0) is 11.3 Å². The van der Waals surface area contributed by atoms with Crippen LogP contribution in [0.4, 0.5) is 4.79 Å². The molecule has 1 aliphatic rings. The summed E-state index contributed by atoms with van der Waals surface area (Å²) in [4.78, 5) is 12.9. The summed E-state index contributed by atoms with van der Waals surface area (Å²) < 4.78 is 5.65. The van der Waals surface area contributed by atoms with Crippen LogP contribution in [0.5, 0.6) is 0 Å². The standard InChI is InChI=1S/C13H18N2O2S/c14-13(16)15-7-12(18)6-11(15)9-17-8-10-4-2-1-3-5-10/h1-5,11-12,18H,6-9H2,(H2,14,16)/t11-,12+/m0/s1. The van der Waals surface area contributed by atoms with Crippen molar-refractivity contribution in [3.8, 4) is 0 Å². The van der Waals surface area contributed by atoms with Crippen LogP contribution < -0.4 is 5.73 Å². The summed E-state index contributed by atoms with van der Waals surface area (Å²) >= 11 is 4.39. The average molecular weight is 266 g/mol. The van der Waals surface area contributed by atoms with Crippen LogP contribution in [0, 0.1) is 0 Å². The van der Waals surface area contributed by atoms with Gasteiger partial charge < -0.3 is 15.4 Å². The van der Waals surface area contributed by atoms with Gasteiger partial charge in [-0.1, -0.05) is 30.3 Å². The van der Waals surface area contributed by atoms with Gasteiger partial charge in [0.1, 0.15) is 0 Å². The summed E-state index contributed by atoms with van der Waals surface area (Å²) in [7, 11) is 0. The highest BCUT2D eigenvalue weighted by Crippen LogP contribution is 2.21. The second-order valence-electron chi connectivity index (χ2n) is 4.53. The third-order valence-electron chi connectivity index (χ3n) is 3.10. The second-order valence-corrected chi connectivity index (χ2v) is 5.26. The topological polar surface area (TPSA) is 55.6 Å². The Morgan fingerprint density at radius 3 is 2.83 bits per heavy atom. The number of hydrogen-bond acceptors (Lipinski definition) is 3. The molecule has 5 heteroatoms. The van der Waals surface area contributed by atoms with E-state index in [1.165, 1.54) is 0 Å². The van der Waals surface area contributed by atoms with Gasteiger partial charge in [0.25, 0.3) is 0 Å². The Hall–Kier alpha value is -1.20. The van der Waals surface area contributed by atoms with E-state index in [1.807, 2.05) is 30.3 Å². The smallest absolute Gasteiger partial charge is 0.315 e. The zero-order valence-electron chi connectivity index (χ0n) is 10.2. The lowest BCUT2D eigenvalue weighted by Crippen LogP contribution is -2.41. The van der Waals surface area contributed by atoms with Gasteiger partial charge in [0.15, 0.2) is 0 Å². The molecule has 4 nitrogen and oxygen atoms in total. The zero-order chi connectivity index (χ0) is 13.0. The number of primary amides is 1. The summed E-state index contributed by atoms with van der Waals surface area (Å²) in [5.74, 6) is 0. The Labute approximate surface area is 113 Å². The molecular formula is C13H18N2O2S. The molecule has 2 rings (SSSR count). The van der Waals surface area contributed by atoms with Crippen LogP contribution in [0.1, 0.15) is 12.0 Å². The van der Waals surface area contributed by atoms with Crippen LogP contribution >= 0.6 is 12.6 Å². The Morgan fingerprint density at radius 2 is 2.17 bits per heavy atom. The lowest BCUT2D eigenvalue weighted by Gasteiger charge is -2.22. The van der Waals surface area contributed by atoms with Crippen molar-refractivity contribution in [2.75, 3.05) is 13.2 Å². The highest BCUT2D eigenvalue weighted by Gasteiger charge is 2.32. The van der Waals surface area contributed by atoms with Crippen molar-refractivity contribution in [2.45, 2.75) is 24.3 Å². The molecule has 1 aromatic carbocycles. The largest absolute Gasteiger partial charge is 0.375 e. The van der Waals surface area contributed by atoms with Gasteiger partial charge in [-0.2, -0.15) is 12.6 Å². The third-order valence-corrected chi connectivity index (χ3v) is 3.47. The lowest BCUT2D eigenvalue weighted by atomic mass is 10.2. The average Bonchev–Trinajstić information content (AvgIpc) is 2.72. The molecule has 0 unspecified atom stereocenters. The highest BCUT2D eigenvalue weighted by molar-refractivity contribution is 7.81. The number of rotatable bonds is 4. The van der Waals surface area contributed by atoms with Gasteiger partial charge in [-0.25, -0.2) is 4.79 Å². The molecule has 1 aliphatic heterocycles. The molecule has 1 saturated heterocycles. The van der Waals surface area contributed by atoms with E-state index in [2.05, 4.69) is 12.6 Å². The monoisotopic (exact) mass is 266 g/mol.